The first-order valence-corrected chi connectivity index (χ1v) is 13.4. The van der Waals surface area contributed by atoms with Gasteiger partial charge in [-0.1, -0.05) is 48.0 Å². The third kappa shape index (κ3) is 2.45. The van der Waals surface area contributed by atoms with E-state index in [0.29, 0.717) is 44.7 Å². The number of ketones is 1. The Labute approximate surface area is 186 Å². The summed E-state index contributed by atoms with van der Waals surface area (Å²) in [7, 11) is 0. The molecule has 5 rings (SSSR count). The molecule has 30 heavy (non-hydrogen) atoms. The molecule has 0 bridgehead atoms. The van der Waals surface area contributed by atoms with Crippen LogP contribution >= 0.6 is 0 Å². The van der Waals surface area contributed by atoms with E-state index in [2.05, 4.69) is 41.5 Å². The van der Waals surface area contributed by atoms with Crippen LogP contribution in [0.25, 0.3) is 0 Å². The largest absolute Gasteiger partial charge is 0.300 e. The Morgan fingerprint density at radius 1 is 0.633 bits per heavy atom. The number of hydrogen-bond acceptors (Lipinski definition) is 1. The van der Waals surface area contributed by atoms with Gasteiger partial charge in [-0.15, -0.1) is 0 Å². The Kier molecular flexibility index (Phi) is 4.57. The molecule has 0 heterocycles. The van der Waals surface area contributed by atoms with Crippen LogP contribution < -0.4 is 0 Å². The summed E-state index contributed by atoms with van der Waals surface area (Å²) in [5, 5.41) is 0. The maximum absolute atomic E-state index is 12.4. The highest BCUT2D eigenvalue weighted by atomic mass is 16.1. The van der Waals surface area contributed by atoms with Gasteiger partial charge in [0.05, 0.1) is 0 Å². The maximum Gasteiger partial charge on any atom is 0.133 e. The van der Waals surface area contributed by atoms with E-state index in [0.717, 1.165) is 24.2 Å². The van der Waals surface area contributed by atoms with E-state index in [-0.39, 0.29) is 0 Å². The zero-order chi connectivity index (χ0) is 21.7. The molecule has 9 atom stereocenters. The number of carbonyl (C=O) groups excluding carboxylic acids is 1. The second-order valence-corrected chi connectivity index (χ2v) is 14.4. The highest BCUT2D eigenvalue weighted by molar-refractivity contribution is 5.79. The number of fused-ring (bicyclic) bond motifs is 7. The van der Waals surface area contributed by atoms with E-state index < -0.39 is 0 Å². The third-order valence-corrected chi connectivity index (χ3v) is 13.2. The molecular weight excluding hydrogens is 364 g/mol. The van der Waals surface area contributed by atoms with Gasteiger partial charge < -0.3 is 0 Å². The first-order chi connectivity index (χ1) is 13.9. The lowest BCUT2D eigenvalue weighted by Crippen LogP contribution is -2.65. The van der Waals surface area contributed by atoms with Crippen LogP contribution in [0.1, 0.15) is 119 Å². The quantitative estimate of drug-likeness (QED) is 0.425. The summed E-state index contributed by atoms with van der Waals surface area (Å²) in [6.07, 6.45) is 15.3. The summed E-state index contributed by atoms with van der Waals surface area (Å²) in [6.45, 7) is 17.8. The number of hydrogen-bond donors (Lipinski definition) is 0. The van der Waals surface area contributed by atoms with Gasteiger partial charge in [0.15, 0.2) is 0 Å². The zero-order valence-corrected chi connectivity index (χ0v) is 21.1. The summed E-state index contributed by atoms with van der Waals surface area (Å²) in [6, 6.07) is 0. The SMILES string of the molecule is CC(=O)C1CCC2(C)C3CCC4[C@@]5(C)CCCC(C)(C)C5CC[C@@]4(C)C3(C)CC[C@@H]12. The first kappa shape index (κ1) is 21.5. The lowest BCUT2D eigenvalue weighted by molar-refractivity contribution is -0.240. The van der Waals surface area contributed by atoms with E-state index in [1.807, 2.05) is 6.92 Å². The van der Waals surface area contributed by atoms with Gasteiger partial charge in [0.25, 0.3) is 0 Å². The van der Waals surface area contributed by atoms with Crippen molar-refractivity contribution in [2.75, 3.05) is 0 Å². The van der Waals surface area contributed by atoms with Crippen LogP contribution in [0.2, 0.25) is 0 Å². The van der Waals surface area contributed by atoms with Crippen LogP contribution in [0.5, 0.6) is 0 Å². The van der Waals surface area contributed by atoms with E-state index in [4.69, 9.17) is 0 Å². The minimum absolute atomic E-state index is 0.359. The topological polar surface area (TPSA) is 17.1 Å². The number of Topliss-reactive ketones (excluding diaryl/α,β-unsaturated/α-hetero) is 1. The molecule has 5 fully saturated rings. The van der Waals surface area contributed by atoms with Gasteiger partial charge in [-0.25, -0.2) is 0 Å². The zero-order valence-electron chi connectivity index (χ0n) is 21.1. The third-order valence-electron chi connectivity index (χ3n) is 13.2. The minimum Gasteiger partial charge on any atom is -0.300 e. The molecule has 0 aromatic rings. The molecule has 6 unspecified atom stereocenters. The Bertz CT molecular complexity index is 737. The molecule has 1 nitrogen and oxygen atoms in total. The van der Waals surface area contributed by atoms with Crippen LogP contribution in [-0.2, 0) is 4.79 Å². The van der Waals surface area contributed by atoms with Crippen molar-refractivity contribution in [2.45, 2.75) is 119 Å². The molecule has 1 heteroatoms. The number of carbonyl (C=O) groups is 1. The van der Waals surface area contributed by atoms with Crippen LogP contribution in [0.4, 0.5) is 0 Å². The fourth-order valence-corrected chi connectivity index (χ4v) is 11.8. The normalized spacial score (nSPS) is 57.0. The lowest BCUT2D eigenvalue weighted by Gasteiger charge is -2.73. The summed E-state index contributed by atoms with van der Waals surface area (Å²) >= 11 is 0. The average Bonchev–Trinajstić information content (AvgIpc) is 2.99. The van der Waals surface area contributed by atoms with Crippen molar-refractivity contribution in [3.63, 3.8) is 0 Å². The summed E-state index contributed by atoms with van der Waals surface area (Å²) in [5.74, 6) is 4.13. The van der Waals surface area contributed by atoms with Crippen molar-refractivity contribution in [3.8, 4) is 0 Å². The average molecular weight is 413 g/mol. The highest BCUT2D eigenvalue weighted by Gasteiger charge is 2.70. The van der Waals surface area contributed by atoms with E-state index in [1.165, 1.54) is 64.2 Å². The molecule has 0 radical (unpaired) electrons. The van der Waals surface area contributed by atoms with Gasteiger partial charge in [-0.2, -0.15) is 0 Å². The molecule has 0 N–H and O–H groups in total. The van der Waals surface area contributed by atoms with E-state index in [9.17, 15) is 4.79 Å². The fraction of sp³-hybridized carbons (Fsp3) is 0.966. The minimum atomic E-state index is 0.359. The molecule has 0 amide bonds. The molecule has 0 saturated heterocycles. The predicted octanol–water partition coefficient (Wildman–Crippen LogP) is 8.07. The molecule has 0 aromatic heterocycles. The Morgan fingerprint density at radius 2 is 1.23 bits per heavy atom. The van der Waals surface area contributed by atoms with E-state index >= 15 is 0 Å². The number of rotatable bonds is 1. The second kappa shape index (κ2) is 6.38. The molecular formula is C29H48O. The van der Waals surface area contributed by atoms with Crippen molar-refractivity contribution < 1.29 is 4.79 Å². The molecule has 0 aliphatic heterocycles. The van der Waals surface area contributed by atoms with Crippen molar-refractivity contribution in [3.05, 3.63) is 0 Å². The highest BCUT2D eigenvalue weighted by Crippen LogP contribution is 2.77. The van der Waals surface area contributed by atoms with Crippen molar-refractivity contribution >= 4 is 5.78 Å². The van der Waals surface area contributed by atoms with Gasteiger partial charge in [-0.3, -0.25) is 4.79 Å². The Hall–Kier alpha value is -0.330. The van der Waals surface area contributed by atoms with Gasteiger partial charge in [0, 0.05) is 5.92 Å². The van der Waals surface area contributed by atoms with Gasteiger partial charge in [0.1, 0.15) is 5.78 Å². The molecule has 5 saturated carbocycles. The van der Waals surface area contributed by atoms with Crippen LogP contribution in [0.15, 0.2) is 0 Å². The molecule has 0 spiro atoms. The monoisotopic (exact) mass is 412 g/mol. The van der Waals surface area contributed by atoms with Crippen LogP contribution in [0.3, 0.4) is 0 Å². The smallest absolute Gasteiger partial charge is 0.133 e. The maximum atomic E-state index is 12.4. The van der Waals surface area contributed by atoms with Crippen molar-refractivity contribution in [1.82, 2.24) is 0 Å². The summed E-state index contributed by atoms with van der Waals surface area (Å²) in [4.78, 5) is 12.4. The van der Waals surface area contributed by atoms with Gasteiger partial charge >= 0.3 is 0 Å². The molecule has 5 aliphatic rings. The summed E-state index contributed by atoms with van der Waals surface area (Å²) in [5.41, 5.74) is 2.41. The van der Waals surface area contributed by atoms with Crippen LogP contribution in [-0.4, -0.2) is 5.78 Å². The van der Waals surface area contributed by atoms with Crippen molar-refractivity contribution in [1.29, 1.82) is 0 Å². The fourth-order valence-electron chi connectivity index (χ4n) is 11.8. The molecule has 170 valence electrons. The van der Waals surface area contributed by atoms with Gasteiger partial charge in [-0.05, 0) is 122 Å². The predicted molar refractivity (Wildman–Crippen MR) is 125 cm³/mol. The van der Waals surface area contributed by atoms with E-state index in [1.54, 1.807) is 0 Å². The Balaban J connectivity index is 1.53. The standard InChI is InChI=1S/C29H48O/c1-19(30)20-11-16-26(4)21(20)12-17-28(6)23(26)9-10-24-27(5)15-8-14-25(2,3)22(27)13-18-29(24,28)7/h20-24H,8-18H2,1-7H3/t20?,21-,22?,23?,24?,26?,27-,28?,29+/m0/s1. The second-order valence-electron chi connectivity index (χ2n) is 14.4. The lowest BCUT2D eigenvalue weighted by atomic mass is 9.32. The Morgan fingerprint density at radius 3 is 1.87 bits per heavy atom. The molecule has 0 aromatic carbocycles. The summed E-state index contributed by atoms with van der Waals surface area (Å²) < 4.78 is 0. The molecule has 5 aliphatic carbocycles. The van der Waals surface area contributed by atoms with Crippen molar-refractivity contribution in [2.24, 2.45) is 56.7 Å². The first-order valence-electron chi connectivity index (χ1n) is 13.4. The van der Waals surface area contributed by atoms with Crippen LogP contribution in [0, 0.1) is 56.7 Å². The van der Waals surface area contributed by atoms with Gasteiger partial charge in [0.2, 0.25) is 0 Å².